The molecular weight excluding hydrogens is 226 g/mol. The smallest absolute Gasteiger partial charge is 0.251 e. The molecule has 1 saturated carbocycles. The quantitative estimate of drug-likeness (QED) is 0.899. The number of rotatable bonds is 3. The van der Waals surface area contributed by atoms with Crippen molar-refractivity contribution in [3.8, 4) is 0 Å². The third-order valence-electron chi connectivity index (χ3n) is 3.73. The summed E-state index contributed by atoms with van der Waals surface area (Å²) < 4.78 is 5.35. The molecule has 1 aromatic carbocycles. The van der Waals surface area contributed by atoms with E-state index >= 15 is 0 Å². The highest BCUT2D eigenvalue weighted by atomic mass is 16.5. The van der Waals surface area contributed by atoms with Crippen LogP contribution in [0.2, 0.25) is 0 Å². The lowest BCUT2D eigenvalue weighted by molar-refractivity contribution is 0.314. The van der Waals surface area contributed by atoms with E-state index in [9.17, 15) is 0 Å². The van der Waals surface area contributed by atoms with Gasteiger partial charge in [-0.3, -0.25) is 0 Å². The molecule has 1 unspecified atom stereocenters. The van der Waals surface area contributed by atoms with Crippen LogP contribution >= 0.6 is 0 Å². The fourth-order valence-electron chi connectivity index (χ4n) is 2.19. The average Bonchev–Trinajstić information content (AvgIpc) is 2.78. The molecule has 0 saturated heterocycles. The van der Waals surface area contributed by atoms with E-state index in [1.807, 2.05) is 37.3 Å². The average molecular weight is 243 g/mol. The second kappa shape index (κ2) is 4.21. The number of hydrogen-bond acceptors (Lipinski definition) is 4. The van der Waals surface area contributed by atoms with Crippen LogP contribution in [-0.4, -0.2) is 10.1 Å². The number of hydrogen-bond donors (Lipinski definition) is 1. The van der Waals surface area contributed by atoms with Gasteiger partial charge in [0.15, 0.2) is 5.82 Å². The maximum absolute atomic E-state index is 6.34. The molecule has 0 radical (unpaired) electrons. The summed E-state index contributed by atoms with van der Waals surface area (Å²) in [5, 5.41) is 4.06. The van der Waals surface area contributed by atoms with Gasteiger partial charge >= 0.3 is 0 Å². The van der Waals surface area contributed by atoms with E-state index in [2.05, 4.69) is 10.1 Å². The Labute approximate surface area is 106 Å². The van der Waals surface area contributed by atoms with E-state index in [-0.39, 0.29) is 0 Å². The van der Waals surface area contributed by atoms with Gasteiger partial charge in [-0.15, -0.1) is 0 Å². The predicted molar refractivity (Wildman–Crippen MR) is 68.0 cm³/mol. The monoisotopic (exact) mass is 243 g/mol. The Bertz CT molecular complexity index is 529. The summed E-state index contributed by atoms with van der Waals surface area (Å²) in [5.74, 6) is 1.77. The van der Waals surface area contributed by atoms with Gasteiger partial charge in [0.1, 0.15) is 5.54 Å². The van der Waals surface area contributed by atoms with Gasteiger partial charge in [0.05, 0.1) is 0 Å². The first-order valence-corrected chi connectivity index (χ1v) is 6.36. The first kappa shape index (κ1) is 11.4. The highest BCUT2D eigenvalue weighted by Crippen LogP contribution is 2.35. The molecule has 0 aliphatic heterocycles. The van der Waals surface area contributed by atoms with Crippen LogP contribution in [-0.2, 0) is 5.54 Å². The molecule has 2 aromatic rings. The normalized spacial score (nSPS) is 19.2. The molecular formula is C14H17N3O. The Morgan fingerprint density at radius 2 is 2.00 bits per heavy atom. The summed E-state index contributed by atoms with van der Waals surface area (Å²) in [6.07, 6.45) is 3.57. The fourth-order valence-corrected chi connectivity index (χ4v) is 2.19. The van der Waals surface area contributed by atoms with Crippen LogP contribution in [0.3, 0.4) is 0 Å². The molecule has 1 aliphatic rings. The Morgan fingerprint density at radius 1 is 1.28 bits per heavy atom. The van der Waals surface area contributed by atoms with Crippen molar-refractivity contribution in [1.82, 2.24) is 10.1 Å². The highest BCUT2D eigenvalue weighted by Gasteiger charge is 2.32. The summed E-state index contributed by atoms with van der Waals surface area (Å²) in [5.41, 5.74) is 6.59. The minimum Gasteiger partial charge on any atom is -0.337 e. The topological polar surface area (TPSA) is 64.9 Å². The van der Waals surface area contributed by atoms with Gasteiger partial charge in [-0.25, -0.2) is 0 Å². The van der Waals surface area contributed by atoms with Crippen LogP contribution in [0.5, 0.6) is 0 Å². The van der Waals surface area contributed by atoms with Crippen molar-refractivity contribution in [2.24, 2.45) is 5.73 Å². The zero-order valence-electron chi connectivity index (χ0n) is 10.5. The fraction of sp³-hybridized carbons (Fsp3) is 0.429. The summed E-state index contributed by atoms with van der Waals surface area (Å²) in [6.45, 7) is 1.90. The highest BCUT2D eigenvalue weighted by molar-refractivity contribution is 5.29. The summed E-state index contributed by atoms with van der Waals surface area (Å²) in [4.78, 5) is 4.48. The van der Waals surface area contributed by atoms with Crippen LogP contribution in [0, 0.1) is 0 Å². The van der Waals surface area contributed by atoms with Gasteiger partial charge in [0.2, 0.25) is 0 Å². The van der Waals surface area contributed by atoms with E-state index in [0.717, 1.165) is 24.2 Å². The van der Waals surface area contributed by atoms with E-state index < -0.39 is 5.54 Å². The minimum absolute atomic E-state index is 0.467. The lowest BCUT2D eigenvalue weighted by Crippen LogP contribution is -2.34. The minimum atomic E-state index is -0.726. The third-order valence-corrected chi connectivity index (χ3v) is 3.73. The summed E-state index contributed by atoms with van der Waals surface area (Å²) in [6, 6.07) is 9.85. The molecule has 94 valence electrons. The van der Waals surface area contributed by atoms with E-state index in [0.29, 0.717) is 11.8 Å². The van der Waals surface area contributed by atoms with Gasteiger partial charge in [-0.05, 0) is 25.3 Å². The molecule has 0 bridgehead atoms. The number of nitrogens with two attached hydrogens (primary N) is 1. The summed E-state index contributed by atoms with van der Waals surface area (Å²) in [7, 11) is 0. The van der Waals surface area contributed by atoms with E-state index in [1.54, 1.807) is 0 Å². The van der Waals surface area contributed by atoms with Crippen molar-refractivity contribution in [2.75, 3.05) is 0 Å². The van der Waals surface area contributed by atoms with E-state index in [1.165, 1.54) is 6.42 Å². The third kappa shape index (κ3) is 1.82. The van der Waals surface area contributed by atoms with E-state index in [4.69, 9.17) is 10.3 Å². The maximum atomic E-state index is 6.34. The van der Waals surface area contributed by atoms with Crippen molar-refractivity contribution >= 4 is 0 Å². The molecule has 3 rings (SSSR count). The molecule has 1 fully saturated rings. The van der Waals surface area contributed by atoms with Crippen molar-refractivity contribution in [3.63, 3.8) is 0 Å². The molecule has 4 heteroatoms. The van der Waals surface area contributed by atoms with Gasteiger partial charge in [0.25, 0.3) is 5.89 Å². The zero-order chi connectivity index (χ0) is 12.6. The Kier molecular flexibility index (Phi) is 2.67. The van der Waals surface area contributed by atoms with Gasteiger partial charge in [-0.2, -0.15) is 4.98 Å². The first-order chi connectivity index (χ1) is 8.68. The molecule has 1 heterocycles. The number of aromatic nitrogens is 2. The van der Waals surface area contributed by atoms with Crippen molar-refractivity contribution in [2.45, 2.75) is 37.6 Å². The predicted octanol–water partition coefficient (Wildman–Crippen LogP) is 2.56. The summed E-state index contributed by atoms with van der Waals surface area (Å²) >= 11 is 0. The van der Waals surface area contributed by atoms with Crippen LogP contribution in [0.1, 0.15) is 49.4 Å². The number of benzene rings is 1. The largest absolute Gasteiger partial charge is 0.337 e. The molecule has 4 nitrogen and oxygen atoms in total. The Hall–Kier alpha value is -1.68. The lowest BCUT2D eigenvalue weighted by Gasteiger charge is -2.22. The van der Waals surface area contributed by atoms with Crippen LogP contribution < -0.4 is 5.73 Å². The van der Waals surface area contributed by atoms with Gasteiger partial charge in [-0.1, -0.05) is 41.9 Å². The molecule has 1 aromatic heterocycles. The van der Waals surface area contributed by atoms with Gasteiger partial charge in [0, 0.05) is 5.92 Å². The van der Waals surface area contributed by atoms with Crippen molar-refractivity contribution in [3.05, 3.63) is 47.6 Å². The molecule has 2 N–H and O–H groups in total. The Morgan fingerprint density at radius 3 is 2.61 bits per heavy atom. The molecule has 1 aliphatic carbocycles. The second-order valence-corrected chi connectivity index (χ2v) is 5.15. The van der Waals surface area contributed by atoms with Crippen molar-refractivity contribution in [1.29, 1.82) is 0 Å². The van der Waals surface area contributed by atoms with Crippen LogP contribution in [0.25, 0.3) is 0 Å². The first-order valence-electron chi connectivity index (χ1n) is 6.36. The lowest BCUT2D eigenvalue weighted by atomic mass is 9.85. The van der Waals surface area contributed by atoms with Gasteiger partial charge < -0.3 is 10.3 Å². The molecule has 0 spiro atoms. The van der Waals surface area contributed by atoms with Crippen molar-refractivity contribution < 1.29 is 4.52 Å². The SMILES string of the molecule is CC(N)(c1ccccc1)c1nc(C2CCC2)no1. The zero-order valence-corrected chi connectivity index (χ0v) is 10.5. The second-order valence-electron chi connectivity index (χ2n) is 5.15. The Balaban J connectivity index is 1.91. The molecule has 1 atom stereocenters. The van der Waals surface area contributed by atoms with Crippen LogP contribution in [0.4, 0.5) is 0 Å². The number of nitrogens with zero attached hydrogens (tertiary/aromatic N) is 2. The molecule has 0 amide bonds. The molecule has 18 heavy (non-hydrogen) atoms. The standard InChI is InChI=1S/C14H17N3O/c1-14(15,11-8-3-2-4-9-11)13-16-12(17-18-13)10-6-5-7-10/h2-4,8-10H,5-7,15H2,1H3. The maximum Gasteiger partial charge on any atom is 0.251 e. The van der Waals surface area contributed by atoms with Crippen LogP contribution in [0.15, 0.2) is 34.9 Å².